The summed E-state index contributed by atoms with van der Waals surface area (Å²) in [6.07, 6.45) is 6.03. The van der Waals surface area contributed by atoms with Crippen LogP contribution in [0.5, 0.6) is 0 Å². The van der Waals surface area contributed by atoms with Crippen molar-refractivity contribution in [2.45, 2.75) is 38.2 Å². The highest BCUT2D eigenvalue weighted by Gasteiger charge is 2.28. The largest absolute Gasteiger partial charge is 0.376 e. The van der Waals surface area contributed by atoms with Crippen molar-refractivity contribution in [3.05, 3.63) is 29.8 Å². The van der Waals surface area contributed by atoms with Crippen LogP contribution in [0.3, 0.4) is 0 Å². The number of aromatic amines is 1. The Kier molecular flexibility index (Phi) is 5.62. The van der Waals surface area contributed by atoms with Crippen LogP contribution in [0.25, 0.3) is 11.4 Å². The third-order valence-electron chi connectivity index (χ3n) is 5.70. The predicted octanol–water partition coefficient (Wildman–Crippen LogP) is 2.96. The van der Waals surface area contributed by atoms with Crippen LogP contribution in [0, 0.1) is 5.92 Å². The number of nitrogens with zero attached hydrogens (tertiary/aromatic N) is 4. The molecule has 1 unspecified atom stereocenters. The fraction of sp³-hybridized carbons (Fsp3) is 0.571. The summed E-state index contributed by atoms with van der Waals surface area (Å²) < 4.78 is 5.80. The van der Waals surface area contributed by atoms with Crippen LogP contribution in [0.1, 0.15) is 42.5 Å². The van der Waals surface area contributed by atoms with E-state index in [0.717, 1.165) is 31.6 Å². The minimum atomic E-state index is 0.0802. The second-order valence-corrected chi connectivity index (χ2v) is 8.10. The molecular weight excluding hydrogens is 354 g/mol. The zero-order valence-electron chi connectivity index (χ0n) is 16.7. The van der Waals surface area contributed by atoms with Crippen molar-refractivity contribution in [3.63, 3.8) is 0 Å². The molecule has 1 atom stereocenters. The van der Waals surface area contributed by atoms with Crippen LogP contribution in [0.15, 0.2) is 24.3 Å². The Hall–Kier alpha value is -2.41. The first-order chi connectivity index (χ1) is 13.6. The molecule has 150 valence electrons. The zero-order valence-corrected chi connectivity index (χ0v) is 16.7. The van der Waals surface area contributed by atoms with E-state index in [0.29, 0.717) is 29.8 Å². The van der Waals surface area contributed by atoms with Crippen LogP contribution in [-0.2, 0) is 4.74 Å². The number of ether oxygens (including phenoxy) is 1. The van der Waals surface area contributed by atoms with Gasteiger partial charge in [-0.25, -0.2) is 0 Å². The van der Waals surface area contributed by atoms with E-state index in [9.17, 15) is 4.79 Å². The summed E-state index contributed by atoms with van der Waals surface area (Å²) in [5, 5.41) is 7.17. The second-order valence-electron chi connectivity index (χ2n) is 8.10. The van der Waals surface area contributed by atoms with Gasteiger partial charge < -0.3 is 14.5 Å². The molecule has 1 N–H and O–H groups in total. The van der Waals surface area contributed by atoms with Crippen molar-refractivity contribution in [3.8, 4) is 11.4 Å². The number of benzene rings is 1. The number of anilines is 1. The fourth-order valence-corrected chi connectivity index (χ4v) is 3.83. The number of hydrogen-bond donors (Lipinski definition) is 1. The number of carbonyl (C=O) groups excluding carboxylic acids is 1. The molecule has 4 rings (SSSR count). The van der Waals surface area contributed by atoms with Crippen molar-refractivity contribution in [1.82, 2.24) is 20.1 Å². The number of carbonyl (C=O) groups is 1. The van der Waals surface area contributed by atoms with Crippen molar-refractivity contribution in [2.75, 3.05) is 38.7 Å². The third-order valence-corrected chi connectivity index (χ3v) is 5.70. The molecule has 7 nitrogen and oxygen atoms in total. The van der Waals surface area contributed by atoms with Gasteiger partial charge in [0.05, 0.1) is 6.10 Å². The van der Waals surface area contributed by atoms with Crippen LogP contribution in [0.4, 0.5) is 5.95 Å². The standard InChI is InChI=1S/C21H29N5O2/c1-25(2)21-22-19(23-24-21)16-8-4-9-17(12-16)20(27)26(13-15-6-3-7-15)14-18-10-5-11-28-18/h4,8-9,12,15,18H,3,5-7,10-11,13-14H2,1-2H3,(H,22,23,24). The van der Waals surface area contributed by atoms with Crippen molar-refractivity contribution in [1.29, 1.82) is 0 Å². The summed E-state index contributed by atoms with van der Waals surface area (Å²) in [5.74, 6) is 2.00. The maximum absolute atomic E-state index is 13.3. The van der Waals surface area contributed by atoms with Gasteiger partial charge in [-0.1, -0.05) is 18.6 Å². The molecule has 1 saturated heterocycles. The minimum absolute atomic E-state index is 0.0802. The van der Waals surface area contributed by atoms with Crippen LogP contribution >= 0.6 is 0 Å². The van der Waals surface area contributed by atoms with Crippen molar-refractivity contribution >= 4 is 11.9 Å². The van der Waals surface area contributed by atoms with E-state index < -0.39 is 0 Å². The minimum Gasteiger partial charge on any atom is -0.376 e. The topological polar surface area (TPSA) is 74.4 Å². The first-order valence-corrected chi connectivity index (χ1v) is 10.2. The van der Waals surface area contributed by atoms with Gasteiger partial charge >= 0.3 is 0 Å². The van der Waals surface area contributed by atoms with Gasteiger partial charge in [0.25, 0.3) is 5.91 Å². The molecule has 1 aromatic heterocycles. The maximum atomic E-state index is 13.3. The molecule has 28 heavy (non-hydrogen) atoms. The van der Waals surface area contributed by atoms with Crippen LogP contribution in [-0.4, -0.2) is 65.9 Å². The molecule has 1 aliphatic heterocycles. The van der Waals surface area contributed by atoms with Gasteiger partial charge in [0, 0.05) is 44.9 Å². The molecule has 7 heteroatoms. The molecule has 1 amide bonds. The quantitative estimate of drug-likeness (QED) is 0.796. The Labute approximate surface area is 166 Å². The highest BCUT2D eigenvalue weighted by molar-refractivity contribution is 5.95. The number of aromatic nitrogens is 3. The summed E-state index contributed by atoms with van der Waals surface area (Å²) in [6, 6.07) is 7.66. The van der Waals surface area contributed by atoms with Gasteiger partial charge in [0.15, 0.2) is 5.82 Å². The average molecular weight is 383 g/mol. The van der Waals surface area contributed by atoms with E-state index in [4.69, 9.17) is 4.74 Å². The molecular formula is C21H29N5O2. The van der Waals surface area contributed by atoms with E-state index in [1.54, 1.807) is 0 Å². The smallest absolute Gasteiger partial charge is 0.253 e. The number of hydrogen-bond acceptors (Lipinski definition) is 5. The van der Waals surface area contributed by atoms with Gasteiger partial charge in [-0.15, -0.1) is 5.10 Å². The molecule has 0 radical (unpaired) electrons. The number of H-pyrrole nitrogens is 1. The monoisotopic (exact) mass is 383 g/mol. The van der Waals surface area contributed by atoms with E-state index >= 15 is 0 Å². The third kappa shape index (κ3) is 4.19. The highest BCUT2D eigenvalue weighted by atomic mass is 16.5. The van der Waals surface area contributed by atoms with Gasteiger partial charge in [-0.2, -0.15) is 4.98 Å². The first kappa shape index (κ1) is 18.9. The van der Waals surface area contributed by atoms with Gasteiger partial charge in [-0.3, -0.25) is 9.89 Å². The Balaban J connectivity index is 1.53. The Morgan fingerprint density at radius 1 is 1.21 bits per heavy atom. The number of amides is 1. The molecule has 1 aliphatic carbocycles. The summed E-state index contributed by atoms with van der Waals surface area (Å²) >= 11 is 0. The SMILES string of the molecule is CN(C)c1n[nH]c(-c2cccc(C(=O)N(CC3CCC3)CC3CCCO3)c2)n1. The van der Waals surface area contributed by atoms with E-state index in [-0.39, 0.29) is 12.0 Å². The lowest BCUT2D eigenvalue weighted by Crippen LogP contribution is -2.41. The summed E-state index contributed by atoms with van der Waals surface area (Å²) in [4.78, 5) is 21.7. The second kappa shape index (κ2) is 8.31. The molecule has 2 fully saturated rings. The summed E-state index contributed by atoms with van der Waals surface area (Å²) in [6.45, 7) is 2.33. The van der Waals surface area contributed by atoms with E-state index in [2.05, 4.69) is 15.2 Å². The lowest BCUT2D eigenvalue weighted by molar-refractivity contribution is 0.0448. The molecule has 0 spiro atoms. The van der Waals surface area contributed by atoms with Gasteiger partial charge in [0.1, 0.15) is 0 Å². The van der Waals surface area contributed by atoms with E-state index in [1.807, 2.05) is 48.2 Å². The highest BCUT2D eigenvalue weighted by Crippen LogP contribution is 2.29. The zero-order chi connectivity index (χ0) is 19.5. The fourth-order valence-electron chi connectivity index (χ4n) is 3.83. The molecule has 2 heterocycles. The van der Waals surface area contributed by atoms with Crippen LogP contribution < -0.4 is 4.90 Å². The van der Waals surface area contributed by atoms with Gasteiger partial charge in [0.2, 0.25) is 5.95 Å². The first-order valence-electron chi connectivity index (χ1n) is 10.2. The van der Waals surface area contributed by atoms with Gasteiger partial charge in [-0.05, 0) is 43.7 Å². The van der Waals surface area contributed by atoms with E-state index in [1.165, 1.54) is 19.3 Å². The molecule has 2 aliphatic rings. The van der Waals surface area contributed by atoms with Crippen molar-refractivity contribution in [2.24, 2.45) is 5.92 Å². The molecule has 0 bridgehead atoms. The Morgan fingerprint density at radius 2 is 2.07 bits per heavy atom. The maximum Gasteiger partial charge on any atom is 0.253 e. The average Bonchev–Trinajstić information content (AvgIpc) is 3.35. The number of rotatable bonds is 7. The van der Waals surface area contributed by atoms with Crippen molar-refractivity contribution < 1.29 is 9.53 Å². The normalized spacial score (nSPS) is 19.4. The summed E-state index contributed by atoms with van der Waals surface area (Å²) in [7, 11) is 3.80. The lowest BCUT2D eigenvalue weighted by atomic mass is 9.85. The predicted molar refractivity (Wildman–Crippen MR) is 108 cm³/mol. The molecule has 1 saturated carbocycles. The summed E-state index contributed by atoms with van der Waals surface area (Å²) in [5.41, 5.74) is 1.56. The Bertz CT molecular complexity index is 809. The van der Waals surface area contributed by atoms with Crippen LogP contribution in [0.2, 0.25) is 0 Å². The Morgan fingerprint density at radius 3 is 2.71 bits per heavy atom. The molecule has 1 aromatic carbocycles. The number of nitrogens with one attached hydrogen (secondary N) is 1. The lowest BCUT2D eigenvalue weighted by Gasteiger charge is -2.33. The molecule has 2 aromatic rings.